The van der Waals surface area contributed by atoms with E-state index in [1.807, 2.05) is 11.8 Å². The summed E-state index contributed by atoms with van der Waals surface area (Å²) in [5.74, 6) is -0.579. The smallest absolute Gasteiger partial charge is 0.292 e. The zero-order valence-electron chi connectivity index (χ0n) is 13.9. The number of halogens is 2. The molecule has 4 nitrogen and oxygen atoms in total. The normalized spacial score (nSPS) is 24.8. The van der Waals surface area contributed by atoms with Gasteiger partial charge in [0, 0.05) is 18.7 Å². The SMILES string of the molecule is CCN1C/C1=C(/OC1CCC(F)C1)C(=O)Nc1cc(C)cc(F)c1. The highest BCUT2D eigenvalue weighted by molar-refractivity contribution is 6.03. The molecule has 1 N–H and O–H groups in total. The van der Waals surface area contributed by atoms with Crippen molar-refractivity contribution in [3.8, 4) is 0 Å². The fourth-order valence-electron chi connectivity index (χ4n) is 3.07. The van der Waals surface area contributed by atoms with Gasteiger partial charge in [-0.25, -0.2) is 8.78 Å². The Balaban J connectivity index is 1.75. The topological polar surface area (TPSA) is 41.3 Å². The molecule has 6 heteroatoms. The molecule has 0 spiro atoms. The van der Waals surface area contributed by atoms with Crippen LogP contribution in [0.2, 0.25) is 0 Å². The molecule has 2 unspecified atom stereocenters. The number of ether oxygens (including phenoxy) is 1. The van der Waals surface area contributed by atoms with Crippen molar-refractivity contribution < 1.29 is 18.3 Å². The Hall–Kier alpha value is -2.11. The molecule has 2 aliphatic rings. The molecule has 1 aromatic rings. The maximum atomic E-state index is 13.5. The van der Waals surface area contributed by atoms with Gasteiger partial charge in [-0.1, -0.05) is 0 Å². The lowest BCUT2D eigenvalue weighted by Crippen LogP contribution is -2.21. The van der Waals surface area contributed by atoms with Crippen molar-refractivity contribution in [3.05, 3.63) is 41.0 Å². The van der Waals surface area contributed by atoms with Gasteiger partial charge in [0.05, 0.1) is 12.2 Å². The molecule has 1 saturated carbocycles. The van der Waals surface area contributed by atoms with Crippen molar-refractivity contribution in [1.82, 2.24) is 4.90 Å². The largest absolute Gasteiger partial charge is 0.483 e. The maximum absolute atomic E-state index is 13.5. The predicted molar refractivity (Wildman–Crippen MR) is 87.7 cm³/mol. The minimum atomic E-state index is -0.864. The van der Waals surface area contributed by atoms with Gasteiger partial charge in [-0.2, -0.15) is 0 Å². The number of nitrogens with zero attached hydrogens (tertiary/aromatic N) is 1. The minimum absolute atomic E-state index is 0.234. The van der Waals surface area contributed by atoms with Crippen LogP contribution in [0.1, 0.15) is 31.7 Å². The van der Waals surface area contributed by atoms with Gasteiger partial charge in [0.15, 0.2) is 0 Å². The monoisotopic (exact) mass is 336 g/mol. The summed E-state index contributed by atoms with van der Waals surface area (Å²) in [5.41, 5.74) is 1.93. The molecule has 3 rings (SSSR count). The van der Waals surface area contributed by atoms with E-state index in [9.17, 15) is 13.6 Å². The summed E-state index contributed by atoms with van der Waals surface area (Å²) < 4.78 is 32.7. The van der Waals surface area contributed by atoms with Gasteiger partial charge in [0.1, 0.15) is 18.1 Å². The van der Waals surface area contributed by atoms with E-state index in [4.69, 9.17) is 4.74 Å². The minimum Gasteiger partial charge on any atom is -0.483 e. The van der Waals surface area contributed by atoms with E-state index >= 15 is 0 Å². The van der Waals surface area contributed by atoms with Crippen molar-refractivity contribution in [3.63, 3.8) is 0 Å². The number of nitrogens with one attached hydrogen (secondary N) is 1. The van der Waals surface area contributed by atoms with E-state index < -0.39 is 17.9 Å². The Kier molecular flexibility index (Phi) is 4.73. The number of hydrogen-bond acceptors (Lipinski definition) is 3. The zero-order valence-corrected chi connectivity index (χ0v) is 13.9. The Labute approximate surface area is 140 Å². The van der Waals surface area contributed by atoms with E-state index in [0.717, 1.165) is 17.8 Å². The molecule has 1 aliphatic heterocycles. The molecule has 0 aromatic heterocycles. The van der Waals surface area contributed by atoms with Crippen LogP contribution in [-0.4, -0.2) is 36.2 Å². The summed E-state index contributed by atoms with van der Waals surface area (Å²) in [6.07, 6.45) is 0.250. The molecule has 2 fully saturated rings. The highest BCUT2D eigenvalue weighted by Gasteiger charge is 2.35. The summed E-state index contributed by atoms with van der Waals surface area (Å²) in [7, 11) is 0. The number of hydrogen-bond donors (Lipinski definition) is 1. The number of likely N-dealkylation sites (N-methyl/N-ethyl adjacent to an activating group) is 1. The molecule has 1 aromatic carbocycles. The molecule has 1 aliphatic carbocycles. The van der Waals surface area contributed by atoms with Gasteiger partial charge < -0.3 is 15.0 Å². The molecule has 1 heterocycles. The zero-order chi connectivity index (χ0) is 17.3. The number of carbonyl (C=O) groups is 1. The second kappa shape index (κ2) is 6.79. The Morgan fingerprint density at radius 1 is 1.38 bits per heavy atom. The van der Waals surface area contributed by atoms with Gasteiger partial charge in [-0.05, 0) is 50.5 Å². The number of carbonyl (C=O) groups excluding carboxylic acids is 1. The molecule has 1 saturated heterocycles. The van der Waals surface area contributed by atoms with E-state index in [2.05, 4.69) is 5.32 Å². The lowest BCUT2D eigenvalue weighted by Gasteiger charge is -2.16. The van der Waals surface area contributed by atoms with Crippen LogP contribution in [-0.2, 0) is 9.53 Å². The predicted octanol–water partition coefficient (Wildman–Crippen LogP) is 3.53. The van der Waals surface area contributed by atoms with Crippen LogP contribution in [0.3, 0.4) is 0 Å². The standard InChI is InChI=1S/C18H22F2N2O2/c1-3-22-10-16(22)17(24-15-5-4-12(19)9-15)18(23)21-14-7-11(2)6-13(20)8-14/h6-8,12,15H,3-5,9-10H2,1-2H3,(H,21,23)/b17-16-. The fourth-order valence-corrected chi connectivity index (χ4v) is 3.07. The molecule has 0 bridgehead atoms. The van der Waals surface area contributed by atoms with Crippen LogP contribution in [0.15, 0.2) is 29.7 Å². The summed E-state index contributed by atoms with van der Waals surface area (Å²) >= 11 is 0. The van der Waals surface area contributed by atoms with E-state index in [0.29, 0.717) is 31.5 Å². The fraction of sp³-hybridized carbons (Fsp3) is 0.500. The lowest BCUT2D eigenvalue weighted by molar-refractivity contribution is -0.117. The van der Waals surface area contributed by atoms with Crippen molar-refractivity contribution in [2.75, 3.05) is 18.4 Å². The first-order valence-electron chi connectivity index (χ1n) is 8.33. The van der Waals surface area contributed by atoms with E-state index in [1.165, 1.54) is 12.1 Å². The Bertz CT molecular complexity index is 655. The first kappa shape index (κ1) is 16.7. The van der Waals surface area contributed by atoms with Gasteiger partial charge in [0.25, 0.3) is 5.91 Å². The average Bonchev–Trinajstić information content (AvgIpc) is 3.17. The third-order valence-corrected chi connectivity index (χ3v) is 4.37. The molecular formula is C18H22F2N2O2. The summed E-state index contributed by atoms with van der Waals surface area (Å²) in [6.45, 7) is 5.21. The van der Waals surface area contributed by atoms with Crippen LogP contribution in [0.5, 0.6) is 0 Å². The lowest BCUT2D eigenvalue weighted by atomic mass is 10.2. The molecule has 1 amide bonds. The number of aryl methyl sites for hydroxylation is 1. The highest BCUT2D eigenvalue weighted by Crippen LogP contribution is 2.32. The van der Waals surface area contributed by atoms with Crippen molar-refractivity contribution >= 4 is 11.6 Å². The number of alkyl halides is 1. The molecule has 24 heavy (non-hydrogen) atoms. The molecule has 130 valence electrons. The average molecular weight is 336 g/mol. The number of benzene rings is 1. The van der Waals surface area contributed by atoms with Gasteiger partial charge in [-0.15, -0.1) is 0 Å². The molecular weight excluding hydrogens is 314 g/mol. The number of rotatable bonds is 5. The van der Waals surface area contributed by atoms with E-state index in [-0.39, 0.29) is 11.9 Å². The van der Waals surface area contributed by atoms with Gasteiger partial charge in [0.2, 0.25) is 5.76 Å². The van der Waals surface area contributed by atoms with Gasteiger partial charge >= 0.3 is 0 Å². The van der Waals surface area contributed by atoms with Crippen molar-refractivity contribution in [2.45, 2.75) is 45.4 Å². The van der Waals surface area contributed by atoms with Crippen molar-refractivity contribution in [1.29, 1.82) is 0 Å². The third kappa shape index (κ3) is 3.86. The molecule has 0 radical (unpaired) electrons. The van der Waals surface area contributed by atoms with E-state index in [1.54, 1.807) is 13.0 Å². The van der Waals surface area contributed by atoms with Crippen LogP contribution in [0, 0.1) is 12.7 Å². The number of amides is 1. The first-order chi connectivity index (χ1) is 11.5. The van der Waals surface area contributed by atoms with Crippen LogP contribution in [0.4, 0.5) is 14.5 Å². The van der Waals surface area contributed by atoms with Crippen LogP contribution >= 0.6 is 0 Å². The maximum Gasteiger partial charge on any atom is 0.292 e. The molecule has 2 atom stereocenters. The second-order valence-corrected chi connectivity index (χ2v) is 6.41. The highest BCUT2D eigenvalue weighted by atomic mass is 19.1. The van der Waals surface area contributed by atoms with Crippen LogP contribution in [0.25, 0.3) is 0 Å². The second-order valence-electron chi connectivity index (χ2n) is 6.41. The Morgan fingerprint density at radius 3 is 2.75 bits per heavy atom. The quantitative estimate of drug-likeness (QED) is 0.508. The third-order valence-electron chi connectivity index (χ3n) is 4.37. The Morgan fingerprint density at radius 2 is 2.17 bits per heavy atom. The number of anilines is 1. The van der Waals surface area contributed by atoms with Gasteiger partial charge in [-0.3, -0.25) is 4.79 Å². The summed E-state index contributed by atoms with van der Waals surface area (Å²) in [4.78, 5) is 14.6. The van der Waals surface area contributed by atoms with Crippen molar-refractivity contribution in [2.24, 2.45) is 0 Å². The summed E-state index contributed by atoms with van der Waals surface area (Å²) in [6, 6.07) is 4.36. The van der Waals surface area contributed by atoms with Crippen LogP contribution < -0.4 is 5.32 Å². The summed E-state index contributed by atoms with van der Waals surface area (Å²) in [5, 5.41) is 2.69. The first-order valence-corrected chi connectivity index (χ1v) is 8.33.